The highest BCUT2D eigenvalue weighted by Gasteiger charge is 2.53. The SMILES string of the molecule is Cc1cccc(N2CCC[N+]3=C2N=C2C3C(=O)N(C)C(=O)N2C)c1C. The maximum Gasteiger partial charge on any atom is 0.397 e. The monoisotopic (exact) mass is 340 g/mol. The number of aryl methyl sites for hydroxylation is 1. The molecule has 1 saturated heterocycles. The lowest BCUT2D eigenvalue weighted by molar-refractivity contribution is -0.539. The van der Waals surface area contributed by atoms with Crippen LogP contribution in [0, 0.1) is 13.8 Å². The molecule has 130 valence electrons. The van der Waals surface area contributed by atoms with Gasteiger partial charge in [-0.1, -0.05) is 17.1 Å². The number of carbonyl (C=O) groups is 2. The summed E-state index contributed by atoms with van der Waals surface area (Å²) in [7, 11) is 3.21. The van der Waals surface area contributed by atoms with Crippen LogP contribution < -0.4 is 4.90 Å². The second-order valence-electron chi connectivity index (χ2n) is 6.83. The van der Waals surface area contributed by atoms with Gasteiger partial charge in [0.15, 0.2) is 0 Å². The van der Waals surface area contributed by atoms with Crippen LogP contribution in [0.4, 0.5) is 10.5 Å². The van der Waals surface area contributed by atoms with Gasteiger partial charge in [-0.3, -0.25) is 14.6 Å². The van der Waals surface area contributed by atoms with Gasteiger partial charge in [-0.2, -0.15) is 0 Å². The number of benzene rings is 1. The number of hydrogen-bond donors (Lipinski definition) is 0. The number of imide groups is 1. The highest BCUT2D eigenvalue weighted by molar-refractivity contribution is 6.23. The third-order valence-electron chi connectivity index (χ3n) is 5.40. The van der Waals surface area contributed by atoms with Crippen molar-refractivity contribution in [2.24, 2.45) is 4.99 Å². The summed E-state index contributed by atoms with van der Waals surface area (Å²) in [4.78, 5) is 34.5. The minimum atomic E-state index is -0.504. The molecule has 0 bridgehead atoms. The molecular weight excluding hydrogens is 318 g/mol. The second kappa shape index (κ2) is 5.40. The molecule has 3 heterocycles. The number of urea groups is 1. The number of hydrogen-bond acceptors (Lipinski definition) is 4. The van der Waals surface area contributed by atoms with Crippen molar-refractivity contribution >= 4 is 29.4 Å². The quantitative estimate of drug-likeness (QED) is 0.722. The average molecular weight is 340 g/mol. The van der Waals surface area contributed by atoms with Gasteiger partial charge in [0.1, 0.15) is 5.69 Å². The number of amides is 3. The molecule has 1 unspecified atom stereocenters. The summed E-state index contributed by atoms with van der Waals surface area (Å²) >= 11 is 0. The average Bonchev–Trinajstić information content (AvgIpc) is 3.00. The Kier molecular flexibility index (Phi) is 3.42. The minimum absolute atomic E-state index is 0.209. The lowest BCUT2D eigenvalue weighted by Gasteiger charge is -2.32. The number of anilines is 1. The van der Waals surface area contributed by atoms with Crippen LogP contribution in [0.15, 0.2) is 23.2 Å². The highest BCUT2D eigenvalue weighted by Crippen LogP contribution is 2.29. The second-order valence-corrected chi connectivity index (χ2v) is 6.83. The van der Waals surface area contributed by atoms with E-state index in [1.54, 1.807) is 7.05 Å². The molecule has 1 fully saturated rings. The van der Waals surface area contributed by atoms with Crippen molar-refractivity contribution in [3.8, 4) is 0 Å². The molecule has 1 aromatic rings. The van der Waals surface area contributed by atoms with Gasteiger partial charge in [-0.05, 0) is 31.0 Å². The third kappa shape index (κ3) is 2.11. The van der Waals surface area contributed by atoms with E-state index in [1.165, 1.54) is 28.0 Å². The van der Waals surface area contributed by atoms with E-state index >= 15 is 0 Å². The molecule has 0 radical (unpaired) electrons. The summed E-state index contributed by atoms with van der Waals surface area (Å²) in [5, 5.41) is 0. The molecule has 1 aromatic carbocycles. The fourth-order valence-corrected chi connectivity index (χ4v) is 3.79. The van der Waals surface area contributed by atoms with Gasteiger partial charge in [-0.25, -0.2) is 14.3 Å². The zero-order valence-corrected chi connectivity index (χ0v) is 15.0. The van der Waals surface area contributed by atoms with Crippen molar-refractivity contribution in [1.82, 2.24) is 9.80 Å². The number of aliphatic imine (C=N–C) groups is 1. The van der Waals surface area contributed by atoms with E-state index in [0.29, 0.717) is 5.84 Å². The molecule has 0 spiro atoms. The molecule has 3 amide bonds. The fraction of sp³-hybridized carbons (Fsp3) is 0.444. The number of carbonyl (C=O) groups excluding carboxylic acids is 2. The van der Waals surface area contributed by atoms with Gasteiger partial charge in [0.05, 0.1) is 13.1 Å². The summed E-state index contributed by atoms with van der Waals surface area (Å²) in [6.07, 6.45) is 0.935. The van der Waals surface area contributed by atoms with Crippen molar-refractivity contribution in [2.45, 2.75) is 26.3 Å². The molecular formula is C18H22N5O2+. The smallest absolute Gasteiger partial charge is 0.270 e. The highest BCUT2D eigenvalue weighted by atomic mass is 16.2. The Morgan fingerprint density at radius 1 is 1.16 bits per heavy atom. The summed E-state index contributed by atoms with van der Waals surface area (Å²) in [5.41, 5.74) is 3.54. The Morgan fingerprint density at radius 2 is 1.92 bits per heavy atom. The van der Waals surface area contributed by atoms with Crippen molar-refractivity contribution in [1.29, 1.82) is 0 Å². The van der Waals surface area contributed by atoms with Gasteiger partial charge in [-0.15, -0.1) is 0 Å². The first-order valence-corrected chi connectivity index (χ1v) is 8.53. The van der Waals surface area contributed by atoms with Gasteiger partial charge in [0.25, 0.3) is 5.91 Å². The van der Waals surface area contributed by atoms with E-state index in [9.17, 15) is 9.59 Å². The van der Waals surface area contributed by atoms with E-state index in [2.05, 4.69) is 30.9 Å². The van der Waals surface area contributed by atoms with Crippen molar-refractivity contribution in [2.75, 3.05) is 32.1 Å². The first-order valence-electron chi connectivity index (χ1n) is 8.53. The first kappa shape index (κ1) is 15.8. The molecule has 0 aromatic heterocycles. The Labute approximate surface area is 146 Å². The predicted octanol–water partition coefficient (Wildman–Crippen LogP) is 1.19. The fourth-order valence-electron chi connectivity index (χ4n) is 3.79. The number of guanidine groups is 1. The molecule has 1 atom stereocenters. The topological polar surface area (TPSA) is 59.2 Å². The molecule has 0 N–H and O–H groups in total. The third-order valence-corrected chi connectivity index (χ3v) is 5.40. The number of likely N-dealkylation sites (N-methyl/N-ethyl adjacent to an activating group) is 2. The summed E-state index contributed by atoms with van der Waals surface area (Å²) in [6.45, 7) is 5.81. The van der Waals surface area contributed by atoms with Gasteiger partial charge in [0.2, 0.25) is 11.9 Å². The van der Waals surface area contributed by atoms with Crippen molar-refractivity contribution < 1.29 is 14.2 Å². The number of rotatable bonds is 1. The van der Waals surface area contributed by atoms with Crippen LogP contribution in [0.3, 0.4) is 0 Å². The number of fused-ring (bicyclic) bond motifs is 2. The van der Waals surface area contributed by atoms with Crippen LogP contribution in [0.1, 0.15) is 17.5 Å². The van der Waals surface area contributed by atoms with Crippen LogP contribution in [0.5, 0.6) is 0 Å². The first-order chi connectivity index (χ1) is 11.9. The Balaban J connectivity index is 1.83. The Bertz CT molecular complexity index is 857. The van der Waals surface area contributed by atoms with Gasteiger partial charge >= 0.3 is 12.0 Å². The maximum atomic E-state index is 12.7. The molecule has 3 aliphatic rings. The van der Waals surface area contributed by atoms with Crippen LogP contribution in [-0.2, 0) is 4.79 Å². The molecule has 7 heteroatoms. The Hall–Kier alpha value is -2.70. The zero-order chi connectivity index (χ0) is 17.9. The zero-order valence-electron chi connectivity index (χ0n) is 15.0. The normalized spacial score (nSPS) is 23.1. The van der Waals surface area contributed by atoms with Crippen LogP contribution in [0.2, 0.25) is 0 Å². The van der Waals surface area contributed by atoms with E-state index in [0.717, 1.165) is 31.2 Å². The lowest BCUT2D eigenvalue weighted by atomic mass is 10.1. The standard InChI is InChI=1S/C18H22N5O2/c1-11-7-5-8-13(12(11)2)22-9-6-10-23-14-15(19-17(22)23)20(3)18(25)21(4)16(14)24/h5,7-8,14H,6,9-10H2,1-4H3/q+1. The Morgan fingerprint density at radius 3 is 2.68 bits per heavy atom. The van der Waals surface area contributed by atoms with E-state index in [4.69, 9.17) is 4.99 Å². The molecule has 25 heavy (non-hydrogen) atoms. The van der Waals surface area contributed by atoms with Crippen LogP contribution in [-0.4, -0.2) is 71.3 Å². The lowest BCUT2D eigenvalue weighted by Crippen LogP contribution is -2.62. The molecule has 0 saturated carbocycles. The number of amidine groups is 1. The molecule has 7 nitrogen and oxygen atoms in total. The summed E-state index contributed by atoms with van der Waals surface area (Å²) in [5.74, 6) is 1.09. The van der Waals surface area contributed by atoms with Gasteiger partial charge < -0.3 is 0 Å². The van der Waals surface area contributed by atoms with E-state index in [-0.39, 0.29) is 11.9 Å². The van der Waals surface area contributed by atoms with Gasteiger partial charge in [0, 0.05) is 20.5 Å². The maximum absolute atomic E-state index is 12.7. The summed E-state index contributed by atoms with van der Waals surface area (Å²) < 4.78 is 2.03. The van der Waals surface area contributed by atoms with E-state index < -0.39 is 6.04 Å². The van der Waals surface area contributed by atoms with Crippen LogP contribution >= 0.6 is 0 Å². The molecule has 4 rings (SSSR count). The molecule has 0 aliphatic carbocycles. The largest absolute Gasteiger partial charge is 0.397 e. The minimum Gasteiger partial charge on any atom is -0.270 e. The van der Waals surface area contributed by atoms with Crippen molar-refractivity contribution in [3.63, 3.8) is 0 Å². The summed E-state index contributed by atoms with van der Waals surface area (Å²) in [6, 6.07) is 5.38. The molecule has 3 aliphatic heterocycles. The van der Waals surface area contributed by atoms with E-state index in [1.807, 2.05) is 10.6 Å². The van der Waals surface area contributed by atoms with Crippen molar-refractivity contribution in [3.05, 3.63) is 29.3 Å². The van der Waals surface area contributed by atoms with Crippen LogP contribution in [0.25, 0.3) is 0 Å². The predicted molar refractivity (Wildman–Crippen MR) is 95.2 cm³/mol. The number of nitrogens with zero attached hydrogens (tertiary/aromatic N) is 5.